The van der Waals surface area contributed by atoms with Crippen LogP contribution in [0.2, 0.25) is 0 Å². The molecule has 0 radical (unpaired) electrons. The summed E-state index contributed by atoms with van der Waals surface area (Å²) < 4.78 is 0. The summed E-state index contributed by atoms with van der Waals surface area (Å²) in [6, 6.07) is 5.65. The van der Waals surface area contributed by atoms with Crippen molar-refractivity contribution < 1.29 is 5.11 Å². The number of aromatic amines is 1. The van der Waals surface area contributed by atoms with Gasteiger partial charge >= 0.3 is 0 Å². The van der Waals surface area contributed by atoms with Crippen LogP contribution in [0, 0.1) is 6.92 Å². The summed E-state index contributed by atoms with van der Waals surface area (Å²) in [6.07, 6.45) is 3.16. The third-order valence-corrected chi connectivity index (χ3v) is 3.01. The number of rotatable bonds is 4. The fourth-order valence-electron chi connectivity index (χ4n) is 2.16. The molecule has 0 atom stereocenters. The molecule has 0 unspecified atom stereocenters. The maximum absolute atomic E-state index is 9.73. The van der Waals surface area contributed by atoms with E-state index < -0.39 is 0 Å². The molecular weight excluding hydrogens is 200 g/mol. The van der Waals surface area contributed by atoms with Gasteiger partial charge in [0, 0.05) is 11.1 Å². The molecule has 2 aromatic rings. The Balaban J connectivity index is 2.36. The van der Waals surface area contributed by atoms with E-state index in [2.05, 4.69) is 18.0 Å². The highest BCUT2D eigenvalue weighted by molar-refractivity contribution is 5.89. The first-order valence-corrected chi connectivity index (χ1v) is 5.73. The third kappa shape index (κ3) is 1.91. The van der Waals surface area contributed by atoms with E-state index in [9.17, 15) is 5.11 Å². The number of aromatic nitrogens is 1. The zero-order valence-electron chi connectivity index (χ0n) is 9.59. The minimum absolute atomic E-state index is 0.325. The van der Waals surface area contributed by atoms with Gasteiger partial charge in [-0.1, -0.05) is 12.1 Å². The van der Waals surface area contributed by atoms with Gasteiger partial charge in [0.2, 0.25) is 0 Å². The Morgan fingerprint density at radius 1 is 1.31 bits per heavy atom. The lowest BCUT2D eigenvalue weighted by molar-refractivity contribution is 0.480. The number of aryl methyl sites for hydroxylation is 2. The predicted octanol–water partition coefficient (Wildman–Crippen LogP) is 2.46. The standard InChI is InChI=1S/C13H18N2O/c1-9-10(5-2-3-8-14)11-6-4-7-12(16)13(11)15-9/h4,6-7,15-16H,2-3,5,8,14H2,1H3. The maximum Gasteiger partial charge on any atom is 0.139 e. The summed E-state index contributed by atoms with van der Waals surface area (Å²) in [6.45, 7) is 2.80. The molecule has 1 aromatic heterocycles. The van der Waals surface area contributed by atoms with Gasteiger partial charge in [0.25, 0.3) is 0 Å². The van der Waals surface area contributed by atoms with Crippen LogP contribution in [0.3, 0.4) is 0 Å². The number of phenolic OH excluding ortho intramolecular Hbond substituents is 1. The van der Waals surface area contributed by atoms with Crippen molar-refractivity contribution in [2.24, 2.45) is 5.73 Å². The predicted molar refractivity (Wildman–Crippen MR) is 66.7 cm³/mol. The van der Waals surface area contributed by atoms with E-state index in [0.29, 0.717) is 5.75 Å². The van der Waals surface area contributed by atoms with E-state index in [4.69, 9.17) is 5.73 Å². The summed E-state index contributed by atoms with van der Waals surface area (Å²) in [7, 11) is 0. The number of nitrogens with two attached hydrogens (primary N) is 1. The molecule has 0 saturated carbocycles. The van der Waals surface area contributed by atoms with Crippen LogP contribution in [0.4, 0.5) is 0 Å². The summed E-state index contributed by atoms with van der Waals surface area (Å²) >= 11 is 0. The quantitative estimate of drug-likeness (QED) is 0.690. The van der Waals surface area contributed by atoms with Crippen LogP contribution in [0.1, 0.15) is 24.1 Å². The topological polar surface area (TPSA) is 62.0 Å². The van der Waals surface area contributed by atoms with E-state index >= 15 is 0 Å². The molecule has 3 nitrogen and oxygen atoms in total. The number of para-hydroxylation sites is 1. The average Bonchev–Trinajstić information content (AvgIpc) is 2.58. The van der Waals surface area contributed by atoms with Crippen molar-refractivity contribution >= 4 is 10.9 Å². The number of unbranched alkanes of at least 4 members (excludes halogenated alkanes) is 1. The van der Waals surface area contributed by atoms with Gasteiger partial charge < -0.3 is 15.8 Å². The number of hydrogen-bond donors (Lipinski definition) is 3. The second kappa shape index (κ2) is 4.58. The molecule has 0 fully saturated rings. The Morgan fingerprint density at radius 3 is 2.88 bits per heavy atom. The van der Waals surface area contributed by atoms with Crippen LogP contribution in [-0.2, 0) is 6.42 Å². The SMILES string of the molecule is Cc1[nH]c2c(O)cccc2c1CCCCN. The highest BCUT2D eigenvalue weighted by Crippen LogP contribution is 2.29. The molecule has 0 bridgehead atoms. The van der Waals surface area contributed by atoms with Crippen molar-refractivity contribution in [2.75, 3.05) is 6.54 Å². The second-order valence-electron chi connectivity index (χ2n) is 4.17. The van der Waals surface area contributed by atoms with E-state index in [1.54, 1.807) is 6.07 Å². The van der Waals surface area contributed by atoms with Gasteiger partial charge in [-0.2, -0.15) is 0 Å². The molecule has 86 valence electrons. The van der Waals surface area contributed by atoms with Crippen molar-refractivity contribution in [3.05, 3.63) is 29.5 Å². The molecule has 3 heteroatoms. The molecule has 0 aliphatic heterocycles. The number of fused-ring (bicyclic) bond motifs is 1. The summed E-state index contributed by atoms with van der Waals surface area (Å²) in [5.41, 5.74) is 8.80. The van der Waals surface area contributed by atoms with Crippen molar-refractivity contribution in [3.8, 4) is 5.75 Å². The van der Waals surface area contributed by atoms with Crippen LogP contribution in [0.15, 0.2) is 18.2 Å². The van der Waals surface area contributed by atoms with Gasteiger partial charge in [0.1, 0.15) is 5.75 Å². The highest BCUT2D eigenvalue weighted by Gasteiger charge is 2.09. The minimum atomic E-state index is 0.325. The van der Waals surface area contributed by atoms with Gasteiger partial charge in [-0.3, -0.25) is 0 Å². The molecule has 0 saturated heterocycles. The molecule has 0 spiro atoms. The fourth-order valence-corrected chi connectivity index (χ4v) is 2.16. The lowest BCUT2D eigenvalue weighted by Gasteiger charge is -2.00. The molecule has 0 amide bonds. The molecule has 16 heavy (non-hydrogen) atoms. The Kier molecular flexibility index (Phi) is 3.15. The number of phenols is 1. The first-order chi connectivity index (χ1) is 7.74. The molecular formula is C13H18N2O. The highest BCUT2D eigenvalue weighted by atomic mass is 16.3. The summed E-state index contributed by atoms with van der Waals surface area (Å²) in [5.74, 6) is 0.325. The molecule has 4 N–H and O–H groups in total. The Bertz CT molecular complexity index is 488. The van der Waals surface area contributed by atoms with Crippen LogP contribution < -0.4 is 5.73 Å². The number of aromatic hydroxyl groups is 1. The molecule has 1 aromatic carbocycles. The first-order valence-electron chi connectivity index (χ1n) is 5.73. The van der Waals surface area contributed by atoms with Gasteiger partial charge in [-0.05, 0) is 44.4 Å². The zero-order valence-corrected chi connectivity index (χ0v) is 9.59. The van der Waals surface area contributed by atoms with E-state index in [1.165, 1.54) is 5.56 Å². The Hall–Kier alpha value is -1.48. The Morgan fingerprint density at radius 2 is 2.12 bits per heavy atom. The van der Waals surface area contributed by atoms with E-state index in [-0.39, 0.29) is 0 Å². The lowest BCUT2D eigenvalue weighted by Crippen LogP contribution is -1.99. The summed E-state index contributed by atoms with van der Waals surface area (Å²) in [4.78, 5) is 3.24. The van der Waals surface area contributed by atoms with Crippen molar-refractivity contribution in [2.45, 2.75) is 26.2 Å². The van der Waals surface area contributed by atoms with Gasteiger partial charge in [0.05, 0.1) is 5.52 Å². The van der Waals surface area contributed by atoms with Gasteiger partial charge in [-0.25, -0.2) is 0 Å². The lowest BCUT2D eigenvalue weighted by atomic mass is 10.0. The van der Waals surface area contributed by atoms with Crippen LogP contribution >= 0.6 is 0 Å². The minimum Gasteiger partial charge on any atom is -0.506 e. The van der Waals surface area contributed by atoms with Crippen molar-refractivity contribution in [1.29, 1.82) is 0 Å². The third-order valence-electron chi connectivity index (χ3n) is 3.01. The number of hydrogen-bond acceptors (Lipinski definition) is 2. The first kappa shape index (κ1) is 11.0. The number of benzene rings is 1. The largest absolute Gasteiger partial charge is 0.506 e. The van der Waals surface area contributed by atoms with Crippen molar-refractivity contribution in [3.63, 3.8) is 0 Å². The average molecular weight is 218 g/mol. The molecule has 0 aliphatic rings. The van der Waals surface area contributed by atoms with Crippen molar-refractivity contribution in [1.82, 2.24) is 4.98 Å². The fraction of sp³-hybridized carbons (Fsp3) is 0.385. The van der Waals surface area contributed by atoms with E-state index in [1.807, 2.05) is 6.07 Å². The number of nitrogens with one attached hydrogen (secondary N) is 1. The normalized spacial score (nSPS) is 11.1. The molecule has 2 rings (SSSR count). The molecule has 0 aliphatic carbocycles. The van der Waals surface area contributed by atoms with E-state index in [0.717, 1.165) is 42.4 Å². The maximum atomic E-state index is 9.73. The van der Waals surface area contributed by atoms with Crippen LogP contribution in [0.5, 0.6) is 5.75 Å². The smallest absolute Gasteiger partial charge is 0.139 e. The van der Waals surface area contributed by atoms with Crippen LogP contribution in [0.25, 0.3) is 10.9 Å². The van der Waals surface area contributed by atoms with Crippen LogP contribution in [-0.4, -0.2) is 16.6 Å². The van der Waals surface area contributed by atoms with Gasteiger partial charge in [0.15, 0.2) is 0 Å². The second-order valence-corrected chi connectivity index (χ2v) is 4.17. The summed E-state index contributed by atoms with van der Waals surface area (Å²) in [5, 5.41) is 10.9. The Labute approximate surface area is 95.3 Å². The molecule has 1 heterocycles. The monoisotopic (exact) mass is 218 g/mol. The van der Waals surface area contributed by atoms with Gasteiger partial charge in [-0.15, -0.1) is 0 Å². The zero-order chi connectivity index (χ0) is 11.5. The number of H-pyrrole nitrogens is 1.